The Morgan fingerprint density at radius 3 is 1.57 bits per heavy atom. The Balaban J connectivity index is 0.000000165. The second-order valence-corrected chi connectivity index (χ2v) is 3.61. The van der Waals surface area contributed by atoms with Crippen LogP contribution in [-0.4, -0.2) is 4.98 Å². The van der Waals surface area contributed by atoms with Crippen molar-refractivity contribution >= 4 is 34.8 Å². The first kappa shape index (κ1) is 11.4. The molecular weight excluding hydrogens is 240 g/mol. The molecule has 1 heterocycles. The standard InChI is InChI=1S/C6H3Cl3.C4H5N/c7-4-2-1-3-5(8)6(4)9;1-2-4-5-3-1/h1-3H;1-5H. The van der Waals surface area contributed by atoms with Gasteiger partial charge in [0.1, 0.15) is 0 Å². The van der Waals surface area contributed by atoms with Gasteiger partial charge in [-0.05, 0) is 24.3 Å². The maximum Gasteiger partial charge on any atom is 0.0778 e. The molecule has 0 radical (unpaired) electrons. The van der Waals surface area contributed by atoms with E-state index in [-0.39, 0.29) is 0 Å². The quantitative estimate of drug-likeness (QED) is 0.653. The molecule has 0 saturated carbocycles. The van der Waals surface area contributed by atoms with Crippen LogP contribution >= 0.6 is 34.8 Å². The zero-order valence-electron chi connectivity index (χ0n) is 7.18. The fourth-order valence-corrected chi connectivity index (χ4v) is 1.28. The van der Waals surface area contributed by atoms with Crippen LogP contribution in [0.3, 0.4) is 0 Å². The summed E-state index contributed by atoms with van der Waals surface area (Å²) >= 11 is 16.8. The van der Waals surface area contributed by atoms with Gasteiger partial charge in [-0.2, -0.15) is 0 Å². The van der Waals surface area contributed by atoms with E-state index in [0.717, 1.165) is 0 Å². The van der Waals surface area contributed by atoms with E-state index >= 15 is 0 Å². The average molecular weight is 249 g/mol. The number of benzene rings is 1. The molecule has 1 nitrogen and oxygen atoms in total. The Bertz CT molecular complexity index is 333. The summed E-state index contributed by atoms with van der Waals surface area (Å²) in [6, 6.07) is 9.02. The van der Waals surface area contributed by atoms with Gasteiger partial charge < -0.3 is 4.98 Å². The second kappa shape index (κ2) is 5.97. The minimum absolute atomic E-state index is 0.417. The summed E-state index contributed by atoms with van der Waals surface area (Å²) < 4.78 is 0. The van der Waals surface area contributed by atoms with Crippen LogP contribution in [-0.2, 0) is 0 Å². The first-order chi connectivity index (χ1) is 6.72. The van der Waals surface area contributed by atoms with Crippen molar-refractivity contribution in [2.24, 2.45) is 0 Å². The molecule has 0 aliphatic heterocycles. The Morgan fingerprint density at radius 2 is 1.29 bits per heavy atom. The molecule has 2 aromatic rings. The number of aromatic nitrogens is 1. The largest absolute Gasteiger partial charge is 0.368 e. The van der Waals surface area contributed by atoms with E-state index < -0.39 is 0 Å². The second-order valence-electron chi connectivity index (χ2n) is 2.42. The molecule has 0 aliphatic rings. The third-order valence-corrected chi connectivity index (χ3v) is 2.63. The number of hydrogen-bond acceptors (Lipinski definition) is 0. The van der Waals surface area contributed by atoms with E-state index in [2.05, 4.69) is 4.98 Å². The van der Waals surface area contributed by atoms with Crippen molar-refractivity contribution in [3.05, 3.63) is 57.8 Å². The normalized spacial score (nSPS) is 9.07. The number of nitrogens with one attached hydrogen (secondary N) is 1. The van der Waals surface area contributed by atoms with Gasteiger partial charge in [-0.25, -0.2) is 0 Å². The van der Waals surface area contributed by atoms with Crippen molar-refractivity contribution in [1.29, 1.82) is 0 Å². The van der Waals surface area contributed by atoms with Gasteiger partial charge in [0, 0.05) is 12.4 Å². The van der Waals surface area contributed by atoms with Crippen LogP contribution in [0.5, 0.6) is 0 Å². The van der Waals surface area contributed by atoms with E-state index in [4.69, 9.17) is 34.8 Å². The molecule has 0 aliphatic carbocycles. The van der Waals surface area contributed by atoms with Crippen LogP contribution in [0.2, 0.25) is 15.1 Å². The number of hydrogen-bond donors (Lipinski definition) is 1. The predicted molar refractivity (Wildman–Crippen MR) is 62.3 cm³/mol. The summed E-state index contributed by atoms with van der Waals surface area (Å²) in [5.41, 5.74) is 0. The smallest absolute Gasteiger partial charge is 0.0778 e. The van der Waals surface area contributed by atoms with Gasteiger partial charge in [-0.1, -0.05) is 40.9 Å². The fourth-order valence-electron chi connectivity index (χ4n) is 0.755. The van der Waals surface area contributed by atoms with Crippen LogP contribution < -0.4 is 0 Å². The van der Waals surface area contributed by atoms with Crippen LogP contribution in [0.4, 0.5) is 0 Å². The van der Waals surface area contributed by atoms with Crippen molar-refractivity contribution in [1.82, 2.24) is 4.98 Å². The van der Waals surface area contributed by atoms with Gasteiger partial charge in [0.25, 0.3) is 0 Å². The number of halogens is 3. The molecule has 14 heavy (non-hydrogen) atoms. The van der Waals surface area contributed by atoms with Gasteiger partial charge in [-0.3, -0.25) is 0 Å². The predicted octanol–water partition coefficient (Wildman–Crippen LogP) is 4.66. The summed E-state index contributed by atoms with van der Waals surface area (Å²) in [6.45, 7) is 0. The lowest BCUT2D eigenvalue weighted by Gasteiger charge is -1.94. The average Bonchev–Trinajstić information content (AvgIpc) is 2.72. The van der Waals surface area contributed by atoms with E-state index in [1.165, 1.54) is 0 Å². The van der Waals surface area contributed by atoms with Gasteiger partial charge in [0.2, 0.25) is 0 Å². The lowest BCUT2D eigenvalue weighted by Crippen LogP contribution is -1.67. The molecule has 2 rings (SSSR count). The molecule has 4 heteroatoms. The summed E-state index contributed by atoms with van der Waals surface area (Å²) in [5, 5.41) is 1.40. The number of H-pyrrole nitrogens is 1. The van der Waals surface area contributed by atoms with Crippen molar-refractivity contribution in [3.63, 3.8) is 0 Å². The highest BCUT2D eigenvalue weighted by Gasteiger charge is 1.98. The molecule has 1 aromatic heterocycles. The zero-order valence-corrected chi connectivity index (χ0v) is 9.44. The minimum Gasteiger partial charge on any atom is -0.368 e. The van der Waals surface area contributed by atoms with Gasteiger partial charge in [0.15, 0.2) is 0 Å². The lowest BCUT2D eigenvalue weighted by molar-refractivity contribution is 1.42. The first-order valence-corrected chi connectivity index (χ1v) is 5.02. The van der Waals surface area contributed by atoms with E-state index in [9.17, 15) is 0 Å². The van der Waals surface area contributed by atoms with Crippen molar-refractivity contribution in [2.45, 2.75) is 0 Å². The van der Waals surface area contributed by atoms with Crippen LogP contribution in [0.1, 0.15) is 0 Å². The molecule has 0 fully saturated rings. The molecule has 0 atom stereocenters. The third kappa shape index (κ3) is 3.62. The first-order valence-electron chi connectivity index (χ1n) is 3.89. The molecule has 1 N–H and O–H groups in total. The maximum absolute atomic E-state index is 5.61. The van der Waals surface area contributed by atoms with E-state index in [1.54, 1.807) is 18.2 Å². The van der Waals surface area contributed by atoms with Crippen molar-refractivity contribution < 1.29 is 0 Å². The minimum atomic E-state index is 0.417. The summed E-state index contributed by atoms with van der Waals surface area (Å²) in [7, 11) is 0. The van der Waals surface area contributed by atoms with Crippen LogP contribution in [0, 0.1) is 0 Å². The molecule has 0 spiro atoms. The highest BCUT2D eigenvalue weighted by Crippen LogP contribution is 2.28. The molecule has 1 aromatic carbocycles. The summed E-state index contributed by atoms with van der Waals surface area (Å²) in [4.78, 5) is 2.86. The Labute approximate surface area is 97.6 Å². The Hall–Kier alpha value is -0.630. The molecule has 0 saturated heterocycles. The highest BCUT2D eigenvalue weighted by molar-refractivity contribution is 6.47. The molecular formula is C10H8Cl3N. The molecule has 0 amide bonds. The van der Waals surface area contributed by atoms with Crippen LogP contribution in [0.15, 0.2) is 42.7 Å². The van der Waals surface area contributed by atoms with Gasteiger partial charge >= 0.3 is 0 Å². The van der Waals surface area contributed by atoms with Gasteiger partial charge in [0.05, 0.1) is 15.1 Å². The molecule has 0 bridgehead atoms. The number of rotatable bonds is 0. The Kier molecular flexibility index (Phi) is 4.88. The SMILES string of the molecule is Clc1cccc(Cl)c1Cl.c1cc[nH]c1. The summed E-state index contributed by atoms with van der Waals surface area (Å²) in [6.07, 6.45) is 3.75. The Morgan fingerprint density at radius 1 is 0.786 bits per heavy atom. The lowest BCUT2D eigenvalue weighted by atomic mass is 10.4. The number of aromatic amines is 1. The van der Waals surface area contributed by atoms with E-state index in [1.807, 2.05) is 24.5 Å². The highest BCUT2D eigenvalue weighted by atomic mass is 35.5. The molecule has 74 valence electrons. The molecule has 0 unspecified atom stereocenters. The van der Waals surface area contributed by atoms with Crippen LogP contribution in [0.25, 0.3) is 0 Å². The third-order valence-electron chi connectivity index (χ3n) is 1.40. The van der Waals surface area contributed by atoms with Gasteiger partial charge in [-0.15, -0.1) is 0 Å². The maximum atomic E-state index is 5.61. The monoisotopic (exact) mass is 247 g/mol. The fraction of sp³-hybridized carbons (Fsp3) is 0. The zero-order chi connectivity index (χ0) is 10.4. The summed E-state index contributed by atoms with van der Waals surface area (Å²) in [5.74, 6) is 0. The topological polar surface area (TPSA) is 15.8 Å². The van der Waals surface area contributed by atoms with E-state index in [0.29, 0.717) is 15.1 Å². The van der Waals surface area contributed by atoms with Crippen molar-refractivity contribution in [2.75, 3.05) is 0 Å². The van der Waals surface area contributed by atoms with Crippen molar-refractivity contribution in [3.8, 4) is 0 Å².